The first-order valence-electron chi connectivity index (χ1n) is 8.79. The lowest BCUT2D eigenvalue weighted by Gasteiger charge is -2.20. The molecule has 0 unspecified atom stereocenters. The minimum absolute atomic E-state index is 0.0380. The van der Waals surface area contributed by atoms with Gasteiger partial charge in [0.25, 0.3) is 0 Å². The third kappa shape index (κ3) is 4.60. The quantitative estimate of drug-likeness (QED) is 0.578. The summed E-state index contributed by atoms with van der Waals surface area (Å²) in [5.74, 6) is -0.0380. The monoisotopic (exact) mass is 379 g/mol. The Labute approximate surface area is 162 Å². The third-order valence-electron chi connectivity index (χ3n) is 4.01. The van der Waals surface area contributed by atoms with Crippen LogP contribution in [0.4, 0.5) is 15.6 Å². The molecule has 138 valence electrons. The molecule has 27 heavy (non-hydrogen) atoms. The molecule has 0 spiro atoms. The van der Waals surface area contributed by atoms with E-state index >= 15 is 0 Å². The van der Waals surface area contributed by atoms with E-state index in [1.807, 2.05) is 42.6 Å². The summed E-state index contributed by atoms with van der Waals surface area (Å²) < 4.78 is 0. The molecule has 0 aliphatic carbocycles. The van der Waals surface area contributed by atoms with Crippen LogP contribution in [0.15, 0.2) is 60.0 Å². The molecule has 3 aromatic rings. The Morgan fingerprint density at radius 3 is 2.59 bits per heavy atom. The van der Waals surface area contributed by atoms with E-state index in [4.69, 9.17) is 0 Å². The van der Waals surface area contributed by atoms with Gasteiger partial charge in [-0.25, -0.2) is 9.78 Å². The number of nitrogens with one attached hydrogen (secondary N) is 1. The molecular formula is C21H21N3O2S. The molecule has 3 rings (SSSR count). The van der Waals surface area contributed by atoms with Crippen LogP contribution in [0.3, 0.4) is 0 Å². The van der Waals surface area contributed by atoms with Gasteiger partial charge in [-0.2, -0.15) is 0 Å². The normalized spacial score (nSPS) is 10.4. The van der Waals surface area contributed by atoms with Crippen molar-refractivity contribution in [1.82, 2.24) is 4.98 Å². The van der Waals surface area contributed by atoms with Crippen LogP contribution in [0.25, 0.3) is 11.3 Å². The molecule has 1 aromatic heterocycles. The zero-order valence-electron chi connectivity index (χ0n) is 15.3. The maximum Gasteiger partial charge on any atom is 0.328 e. The fourth-order valence-corrected chi connectivity index (χ4v) is 3.50. The number of hydrogen-bond acceptors (Lipinski definition) is 4. The summed E-state index contributed by atoms with van der Waals surface area (Å²) in [4.78, 5) is 30.6. The number of carbonyl (C=O) groups is 2. The Morgan fingerprint density at radius 2 is 1.89 bits per heavy atom. The van der Waals surface area contributed by atoms with Crippen molar-refractivity contribution in [3.8, 4) is 11.3 Å². The number of thiazole rings is 1. The van der Waals surface area contributed by atoms with Crippen LogP contribution in [0, 0.1) is 0 Å². The van der Waals surface area contributed by atoms with Crippen molar-refractivity contribution in [2.75, 3.05) is 16.8 Å². The first-order valence-corrected chi connectivity index (χ1v) is 9.67. The number of anilines is 2. The second kappa shape index (κ2) is 8.60. The molecule has 0 fully saturated rings. The Morgan fingerprint density at radius 1 is 1.11 bits per heavy atom. The lowest BCUT2D eigenvalue weighted by atomic mass is 10.1. The molecule has 6 heteroatoms. The zero-order chi connectivity index (χ0) is 19.2. The molecule has 0 bridgehead atoms. The van der Waals surface area contributed by atoms with Crippen LogP contribution in [0.1, 0.15) is 30.6 Å². The van der Waals surface area contributed by atoms with Crippen LogP contribution in [0.5, 0.6) is 0 Å². The van der Waals surface area contributed by atoms with Crippen molar-refractivity contribution < 1.29 is 9.59 Å². The molecule has 0 saturated carbocycles. The molecule has 0 atom stereocenters. The Kier molecular flexibility index (Phi) is 5.98. The number of urea groups is 1. The second-order valence-electron chi connectivity index (χ2n) is 6.10. The summed E-state index contributed by atoms with van der Waals surface area (Å²) in [5, 5.41) is 5.48. The van der Waals surface area contributed by atoms with Crippen molar-refractivity contribution in [3.05, 3.63) is 65.5 Å². The zero-order valence-corrected chi connectivity index (χ0v) is 16.1. The van der Waals surface area contributed by atoms with Crippen molar-refractivity contribution in [3.63, 3.8) is 0 Å². The molecule has 2 aromatic carbocycles. The highest BCUT2D eigenvalue weighted by atomic mass is 32.1. The van der Waals surface area contributed by atoms with Gasteiger partial charge in [0.05, 0.1) is 5.69 Å². The Balaban J connectivity index is 1.81. The number of hydrogen-bond donors (Lipinski definition) is 1. The smallest absolute Gasteiger partial charge is 0.307 e. The average Bonchev–Trinajstić information content (AvgIpc) is 3.16. The van der Waals surface area contributed by atoms with Crippen LogP contribution >= 0.6 is 11.3 Å². The van der Waals surface area contributed by atoms with Crippen LogP contribution in [-0.2, 0) is 0 Å². The van der Waals surface area contributed by atoms with Gasteiger partial charge >= 0.3 is 6.03 Å². The van der Waals surface area contributed by atoms with E-state index in [1.165, 1.54) is 18.3 Å². The summed E-state index contributed by atoms with van der Waals surface area (Å²) in [6, 6.07) is 16.6. The fourth-order valence-electron chi connectivity index (χ4n) is 2.64. The SMILES string of the molecule is CCCN(C(=O)Nc1cccc(C(C)=O)c1)c1nc(-c2ccccc2)cs1. The molecule has 0 aliphatic rings. The summed E-state index contributed by atoms with van der Waals surface area (Å²) in [6.45, 7) is 4.08. The lowest BCUT2D eigenvalue weighted by molar-refractivity contribution is 0.101. The van der Waals surface area contributed by atoms with Gasteiger partial charge < -0.3 is 5.32 Å². The van der Waals surface area contributed by atoms with E-state index in [9.17, 15) is 9.59 Å². The number of rotatable bonds is 6. The molecule has 0 aliphatic heterocycles. The van der Waals surface area contributed by atoms with Gasteiger partial charge in [-0.3, -0.25) is 9.69 Å². The highest BCUT2D eigenvalue weighted by Gasteiger charge is 2.19. The van der Waals surface area contributed by atoms with E-state index in [2.05, 4.69) is 10.3 Å². The minimum atomic E-state index is -0.258. The third-order valence-corrected chi connectivity index (χ3v) is 4.87. The topological polar surface area (TPSA) is 62.3 Å². The summed E-state index contributed by atoms with van der Waals surface area (Å²) >= 11 is 1.44. The van der Waals surface area contributed by atoms with Gasteiger partial charge in [0, 0.05) is 28.7 Å². The summed E-state index contributed by atoms with van der Waals surface area (Å²) in [5.41, 5.74) is 3.03. The van der Waals surface area contributed by atoms with E-state index in [0.717, 1.165) is 17.7 Å². The van der Waals surface area contributed by atoms with Gasteiger partial charge in [-0.05, 0) is 25.5 Å². The number of ketones is 1. The number of nitrogens with zero attached hydrogens (tertiary/aromatic N) is 2. The van der Waals surface area contributed by atoms with Gasteiger partial charge in [-0.15, -0.1) is 11.3 Å². The van der Waals surface area contributed by atoms with Gasteiger partial charge in [0.15, 0.2) is 10.9 Å². The predicted molar refractivity (Wildman–Crippen MR) is 111 cm³/mol. The summed E-state index contributed by atoms with van der Waals surface area (Å²) in [6.07, 6.45) is 0.807. The largest absolute Gasteiger partial charge is 0.328 e. The standard InChI is InChI=1S/C21H21N3O2S/c1-3-12-24(20(26)22-18-11-7-10-17(13-18)15(2)25)21-23-19(14-27-21)16-8-5-4-6-9-16/h4-11,13-14H,3,12H2,1-2H3,(H,22,26). The van der Waals surface area contributed by atoms with Crippen molar-refractivity contribution in [1.29, 1.82) is 0 Å². The van der Waals surface area contributed by atoms with Gasteiger partial charge in [0.2, 0.25) is 0 Å². The molecule has 0 radical (unpaired) electrons. The molecule has 5 nitrogen and oxygen atoms in total. The van der Waals surface area contributed by atoms with Crippen molar-refractivity contribution >= 4 is 34.0 Å². The number of aromatic nitrogens is 1. The predicted octanol–water partition coefficient (Wildman–Crippen LogP) is 5.46. The minimum Gasteiger partial charge on any atom is -0.307 e. The number of Topliss-reactive ketones (excluding diaryl/α,β-unsaturated/α-hetero) is 1. The highest BCUT2D eigenvalue weighted by molar-refractivity contribution is 7.14. The van der Waals surface area contributed by atoms with Crippen LogP contribution in [0.2, 0.25) is 0 Å². The van der Waals surface area contributed by atoms with Crippen molar-refractivity contribution in [2.45, 2.75) is 20.3 Å². The molecular weight excluding hydrogens is 358 g/mol. The second-order valence-corrected chi connectivity index (χ2v) is 6.94. The molecule has 1 N–H and O–H groups in total. The average molecular weight is 379 g/mol. The highest BCUT2D eigenvalue weighted by Crippen LogP contribution is 2.28. The first kappa shape index (κ1) is 18.8. The van der Waals surface area contributed by atoms with E-state index in [1.54, 1.807) is 29.2 Å². The summed E-state index contributed by atoms with van der Waals surface area (Å²) in [7, 11) is 0. The maximum absolute atomic E-state index is 12.8. The van der Waals surface area contributed by atoms with Gasteiger partial charge in [-0.1, -0.05) is 49.4 Å². The molecule has 2 amide bonds. The van der Waals surface area contributed by atoms with E-state index in [0.29, 0.717) is 22.9 Å². The van der Waals surface area contributed by atoms with E-state index in [-0.39, 0.29) is 11.8 Å². The first-order chi connectivity index (χ1) is 13.1. The van der Waals surface area contributed by atoms with Crippen molar-refractivity contribution in [2.24, 2.45) is 0 Å². The van der Waals surface area contributed by atoms with E-state index < -0.39 is 0 Å². The Hall–Kier alpha value is -2.99. The number of amides is 2. The number of benzene rings is 2. The Bertz CT molecular complexity index is 937. The van der Waals surface area contributed by atoms with Crippen LogP contribution in [-0.4, -0.2) is 23.3 Å². The van der Waals surface area contributed by atoms with Gasteiger partial charge in [0.1, 0.15) is 0 Å². The fraction of sp³-hybridized carbons (Fsp3) is 0.190. The lowest BCUT2D eigenvalue weighted by Crippen LogP contribution is -2.35. The maximum atomic E-state index is 12.8. The van der Waals surface area contributed by atoms with Crippen LogP contribution < -0.4 is 10.2 Å². The molecule has 0 saturated heterocycles. The molecule has 1 heterocycles. The number of carbonyl (C=O) groups excluding carboxylic acids is 2.